The predicted octanol–water partition coefficient (Wildman–Crippen LogP) is 3.20. The molecule has 0 fully saturated rings. The van der Waals surface area contributed by atoms with Crippen LogP contribution in [0.4, 0.5) is 5.69 Å². The van der Waals surface area contributed by atoms with Gasteiger partial charge in [0.15, 0.2) is 0 Å². The quantitative estimate of drug-likeness (QED) is 0.521. The van der Waals surface area contributed by atoms with Crippen LogP contribution in [0.1, 0.15) is 0 Å². The average molecular weight is 413 g/mol. The van der Waals surface area contributed by atoms with Crippen LogP contribution in [-0.2, 0) is 10.0 Å². The molecule has 0 bridgehead atoms. The average Bonchev–Trinajstić information content (AvgIpc) is 3.41. The van der Waals surface area contributed by atoms with Gasteiger partial charge in [0.05, 0.1) is 19.5 Å². The molecule has 2 heterocycles. The maximum absolute atomic E-state index is 12.7. The van der Waals surface area contributed by atoms with Gasteiger partial charge in [0.1, 0.15) is 26.9 Å². The number of aromatic nitrogens is 4. The van der Waals surface area contributed by atoms with Crippen LogP contribution in [0.2, 0.25) is 0 Å². The maximum atomic E-state index is 12.7. The Morgan fingerprint density at radius 2 is 1.89 bits per heavy atom. The van der Waals surface area contributed by atoms with E-state index in [0.717, 1.165) is 10.6 Å². The van der Waals surface area contributed by atoms with E-state index >= 15 is 0 Å². The largest absolute Gasteiger partial charge is 0.494 e. The number of nitrogens with one attached hydrogen (secondary N) is 1. The van der Waals surface area contributed by atoms with Crippen molar-refractivity contribution >= 4 is 27.0 Å². The number of benzene rings is 2. The van der Waals surface area contributed by atoms with Gasteiger partial charge in [-0.2, -0.15) is 5.10 Å². The molecule has 2 aromatic carbocycles. The van der Waals surface area contributed by atoms with Crippen molar-refractivity contribution < 1.29 is 13.2 Å². The van der Waals surface area contributed by atoms with Crippen molar-refractivity contribution in [3.63, 3.8) is 0 Å². The molecule has 10 heteroatoms. The fourth-order valence-corrected chi connectivity index (χ4v) is 4.14. The summed E-state index contributed by atoms with van der Waals surface area (Å²) in [4.78, 5) is 0.0478. The lowest BCUT2D eigenvalue weighted by atomic mass is 10.2. The van der Waals surface area contributed by atoms with E-state index in [0.29, 0.717) is 17.1 Å². The summed E-state index contributed by atoms with van der Waals surface area (Å²) in [5.41, 5.74) is 3.60. The zero-order valence-electron chi connectivity index (χ0n) is 14.7. The molecule has 0 radical (unpaired) electrons. The Hall–Kier alpha value is -3.24. The van der Waals surface area contributed by atoms with Crippen LogP contribution < -0.4 is 9.46 Å². The number of sulfonamides is 1. The molecule has 0 spiro atoms. The highest BCUT2D eigenvalue weighted by Crippen LogP contribution is 2.25. The smallest absolute Gasteiger partial charge is 0.265 e. The van der Waals surface area contributed by atoms with Crippen molar-refractivity contribution in [1.29, 1.82) is 0 Å². The summed E-state index contributed by atoms with van der Waals surface area (Å²) in [7, 11) is -2.24. The Balaban J connectivity index is 1.57. The Morgan fingerprint density at radius 1 is 1.11 bits per heavy atom. The van der Waals surface area contributed by atoms with Gasteiger partial charge in [-0.15, -0.1) is 10.2 Å². The summed E-state index contributed by atoms with van der Waals surface area (Å²) < 4.78 is 34.7. The lowest BCUT2D eigenvalue weighted by Crippen LogP contribution is -2.12. The lowest BCUT2D eigenvalue weighted by Gasteiger charge is -2.08. The van der Waals surface area contributed by atoms with Gasteiger partial charge < -0.3 is 4.74 Å². The molecule has 0 saturated carbocycles. The zero-order chi connectivity index (χ0) is 19.6. The molecule has 0 atom stereocenters. The molecule has 142 valence electrons. The van der Waals surface area contributed by atoms with E-state index in [-0.39, 0.29) is 4.90 Å². The third-order valence-electron chi connectivity index (χ3n) is 3.95. The number of ether oxygens (including phenoxy) is 1. The Morgan fingerprint density at radius 3 is 2.61 bits per heavy atom. The van der Waals surface area contributed by atoms with Crippen LogP contribution in [0, 0.1) is 0 Å². The monoisotopic (exact) mass is 413 g/mol. The molecule has 0 amide bonds. The van der Waals surface area contributed by atoms with E-state index in [4.69, 9.17) is 4.74 Å². The molecule has 0 aliphatic carbocycles. The SMILES string of the molecule is COc1ccccc1-n1cc(S(=O)(=O)Nc2ccc(-c3nncs3)cc2)cn1. The van der Waals surface area contributed by atoms with Crippen LogP contribution in [0.3, 0.4) is 0 Å². The predicted molar refractivity (Wildman–Crippen MR) is 106 cm³/mol. The molecular formula is C18H15N5O3S2. The van der Waals surface area contributed by atoms with Gasteiger partial charge in [-0.3, -0.25) is 4.72 Å². The van der Waals surface area contributed by atoms with Crippen molar-refractivity contribution in [3.8, 4) is 22.0 Å². The molecule has 28 heavy (non-hydrogen) atoms. The van der Waals surface area contributed by atoms with Crippen molar-refractivity contribution in [1.82, 2.24) is 20.0 Å². The Bertz CT molecular complexity index is 1190. The number of anilines is 1. The van der Waals surface area contributed by atoms with Gasteiger partial charge in [0, 0.05) is 11.3 Å². The van der Waals surface area contributed by atoms with Gasteiger partial charge in [-0.05, 0) is 36.4 Å². The van der Waals surface area contributed by atoms with Crippen molar-refractivity contribution in [2.75, 3.05) is 11.8 Å². The highest BCUT2D eigenvalue weighted by atomic mass is 32.2. The fraction of sp³-hybridized carbons (Fsp3) is 0.0556. The van der Waals surface area contributed by atoms with Crippen molar-refractivity contribution in [3.05, 3.63) is 66.4 Å². The first-order valence-corrected chi connectivity index (χ1v) is 10.5. The van der Waals surface area contributed by atoms with Crippen molar-refractivity contribution in [2.45, 2.75) is 4.90 Å². The Kier molecular flexibility index (Phi) is 4.80. The first-order chi connectivity index (χ1) is 13.6. The van der Waals surface area contributed by atoms with Crippen LogP contribution in [0.5, 0.6) is 5.75 Å². The summed E-state index contributed by atoms with van der Waals surface area (Å²) >= 11 is 1.41. The maximum Gasteiger partial charge on any atom is 0.265 e. The minimum atomic E-state index is -3.79. The number of methoxy groups -OCH3 is 1. The summed E-state index contributed by atoms with van der Waals surface area (Å²) in [5, 5.41) is 12.7. The van der Waals surface area contributed by atoms with E-state index < -0.39 is 10.0 Å². The number of nitrogens with zero attached hydrogens (tertiary/aromatic N) is 4. The zero-order valence-corrected chi connectivity index (χ0v) is 16.3. The second kappa shape index (κ2) is 7.41. The highest BCUT2D eigenvalue weighted by molar-refractivity contribution is 7.92. The fourth-order valence-electron chi connectivity index (χ4n) is 2.59. The van der Waals surface area contributed by atoms with Gasteiger partial charge in [-0.1, -0.05) is 23.5 Å². The number of hydrogen-bond acceptors (Lipinski definition) is 7. The third kappa shape index (κ3) is 3.59. The molecule has 0 saturated heterocycles. The highest BCUT2D eigenvalue weighted by Gasteiger charge is 2.18. The van der Waals surface area contributed by atoms with Gasteiger partial charge >= 0.3 is 0 Å². The van der Waals surface area contributed by atoms with Crippen LogP contribution >= 0.6 is 11.3 Å². The van der Waals surface area contributed by atoms with E-state index in [1.165, 1.54) is 28.4 Å². The number of para-hydroxylation sites is 2. The minimum absolute atomic E-state index is 0.0478. The van der Waals surface area contributed by atoms with Crippen LogP contribution in [0.25, 0.3) is 16.3 Å². The summed E-state index contributed by atoms with van der Waals surface area (Å²) in [6.45, 7) is 0. The van der Waals surface area contributed by atoms with E-state index in [2.05, 4.69) is 20.0 Å². The molecule has 4 rings (SSSR count). The normalized spacial score (nSPS) is 11.3. The van der Waals surface area contributed by atoms with Gasteiger partial charge in [0.2, 0.25) is 0 Å². The van der Waals surface area contributed by atoms with Crippen LogP contribution in [-0.4, -0.2) is 35.5 Å². The second-order valence-corrected chi connectivity index (χ2v) is 8.23. The first-order valence-electron chi connectivity index (χ1n) is 8.14. The first kappa shape index (κ1) is 18.1. The van der Waals surface area contributed by atoms with Gasteiger partial charge in [-0.25, -0.2) is 13.1 Å². The van der Waals surface area contributed by atoms with E-state index in [1.807, 2.05) is 12.1 Å². The minimum Gasteiger partial charge on any atom is -0.494 e. The Labute approximate surface area is 165 Å². The third-order valence-corrected chi connectivity index (χ3v) is 6.02. The molecule has 1 N–H and O–H groups in total. The molecule has 8 nitrogen and oxygen atoms in total. The van der Waals surface area contributed by atoms with E-state index in [9.17, 15) is 8.42 Å². The number of rotatable bonds is 6. The molecule has 0 unspecified atom stereocenters. The molecule has 2 aromatic heterocycles. The lowest BCUT2D eigenvalue weighted by molar-refractivity contribution is 0.411. The number of hydrogen-bond donors (Lipinski definition) is 1. The molecule has 0 aliphatic rings. The summed E-state index contributed by atoms with van der Waals surface area (Å²) in [6, 6.07) is 14.2. The summed E-state index contributed by atoms with van der Waals surface area (Å²) in [5.74, 6) is 0.592. The van der Waals surface area contributed by atoms with E-state index in [1.54, 1.807) is 49.0 Å². The van der Waals surface area contributed by atoms with Gasteiger partial charge in [0.25, 0.3) is 10.0 Å². The van der Waals surface area contributed by atoms with Crippen molar-refractivity contribution in [2.24, 2.45) is 0 Å². The summed E-state index contributed by atoms with van der Waals surface area (Å²) in [6.07, 6.45) is 2.74. The molecule has 4 aromatic rings. The topological polar surface area (TPSA) is 99.0 Å². The molecular weight excluding hydrogens is 398 g/mol. The standard InChI is InChI=1S/C18H15N5O3S2/c1-26-17-5-3-2-4-16(17)23-11-15(10-20-23)28(24,25)22-14-8-6-13(7-9-14)18-21-19-12-27-18/h2-12,22H,1H3. The second-order valence-electron chi connectivity index (χ2n) is 5.72. The molecule has 0 aliphatic heterocycles. The van der Waals surface area contributed by atoms with Crippen LogP contribution in [0.15, 0.2) is 71.3 Å².